The van der Waals surface area contributed by atoms with E-state index in [9.17, 15) is 22.0 Å². The summed E-state index contributed by atoms with van der Waals surface area (Å²) in [7, 11) is 0. The molecule has 0 atom stereocenters. The fourth-order valence-corrected chi connectivity index (χ4v) is 4.02. The molecule has 10 heteroatoms. The van der Waals surface area contributed by atoms with Crippen molar-refractivity contribution in [3.63, 3.8) is 0 Å². The van der Waals surface area contributed by atoms with E-state index in [2.05, 4.69) is 4.37 Å². The number of nitrogens with zero attached hydrogens (tertiary/aromatic N) is 1. The van der Waals surface area contributed by atoms with Crippen molar-refractivity contribution >= 4 is 11.5 Å². The van der Waals surface area contributed by atoms with Gasteiger partial charge >= 0.3 is 6.18 Å². The van der Waals surface area contributed by atoms with Crippen LogP contribution in [0, 0.1) is 25.5 Å². The smallest absolute Gasteiger partial charge is 0.427 e. The molecular weight excluding hydrogens is 453 g/mol. The Balaban J connectivity index is 1.92. The van der Waals surface area contributed by atoms with Crippen molar-refractivity contribution < 1.29 is 36.9 Å². The highest BCUT2D eigenvalue weighted by molar-refractivity contribution is 7.06. The van der Waals surface area contributed by atoms with Crippen LogP contribution in [-0.2, 0) is 19.2 Å². The highest BCUT2D eigenvalue weighted by atomic mass is 32.1. The maximum Gasteiger partial charge on any atom is 0.427 e. The molecule has 1 aromatic heterocycles. The lowest BCUT2D eigenvalue weighted by Gasteiger charge is -2.16. The molecule has 4 nitrogen and oxygen atoms in total. The van der Waals surface area contributed by atoms with Crippen LogP contribution in [0.1, 0.15) is 33.6 Å². The van der Waals surface area contributed by atoms with E-state index in [0.29, 0.717) is 17.7 Å². The Morgan fingerprint density at radius 3 is 2.38 bits per heavy atom. The maximum atomic E-state index is 13.7. The minimum atomic E-state index is -4.69. The van der Waals surface area contributed by atoms with Gasteiger partial charge in [0.15, 0.2) is 17.9 Å². The predicted octanol–water partition coefficient (Wildman–Crippen LogP) is 5.55. The Bertz CT molecular complexity index is 1110. The van der Waals surface area contributed by atoms with E-state index >= 15 is 0 Å². The highest BCUT2D eigenvalue weighted by Crippen LogP contribution is 2.40. The van der Waals surface area contributed by atoms with Crippen LogP contribution >= 0.6 is 11.5 Å². The standard InChI is InChI=1S/C22H20F5NO3S/c1-11-12(2)18(7-4-13(11)5-8-19(29)30)31-10-15-20(28-32-21(15)22(25,26)27)14-3-6-16(23)17(24)9-14/h3-4,6-7,9,19,29-30H,5,8,10H2,1-2H3. The number of aliphatic hydroxyl groups excluding tert-OH is 1. The number of aromatic nitrogens is 1. The molecule has 0 aliphatic heterocycles. The summed E-state index contributed by atoms with van der Waals surface area (Å²) in [5.41, 5.74) is 2.00. The van der Waals surface area contributed by atoms with Crippen molar-refractivity contribution in [1.82, 2.24) is 4.37 Å². The summed E-state index contributed by atoms with van der Waals surface area (Å²) in [4.78, 5) is -0.972. The van der Waals surface area contributed by atoms with Gasteiger partial charge in [0.25, 0.3) is 0 Å². The maximum absolute atomic E-state index is 13.7. The molecule has 0 saturated heterocycles. The lowest BCUT2D eigenvalue weighted by molar-refractivity contribution is -0.135. The third-order valence-corrected chi connectivity index (χ3v) is 6.07. The molecule has 1 heterocycles. The molecule has 0 amide bonds. The van der Waals surface area contributed by atoms with Gasteiger partial charge in [-0.3, -0.25) is 0 Å². The molecule has 172 valence electrons. The lowest BCUT2D eigenvalue weighted by Crippen LogP contribution is -2.09. The zero-order valence-corrected chi connectivity index (χ0v) is 17.9. The van der Waals surface area contributed by atoms with Gasteiger partial charge in [-0.2, -0.15) is 17.5 Å². The Labute approximate surface area is 185 Å². The topological polar surface area (TPSA) is 62.6 Å². The van der Waals surface area contributed by atoms with E-state index in [1.165, 1.54) is 0 Å². The summed E-state index contributed by atoms with van der Waals surface area (Å²) in [6.07, 6.45) is -5.56. The minimum Gasteiger partial charge on any atom is -0.488 e. The van der Waals surface area contributed by atoms with Crippen LogP contribution in [0.25, 0.3) is 11.3 Å². The zero-order valence-electron chi connectivity index (χ0n) is 17.1. The quantitative estimate of drug-likeness (QED) is 0.349. The van der Waals surface area contributed by atoms with Gasteiger partial charge < -0.3 is 14.9 Å². The Morgan fingerprint density at radius 2 is 1.75 bits per heavy atom. The number of benzene rings is 2. The summed E-state index contributed by atoms with van der Waals surface area (Å²) in [5, 5.41) is 18.1. The first-order valence-corrected chi connectivity index (χ1v) is 10.4. The van der Waals surface area contributed by atoms with Crippen LogP contribution in [0.2, 0.25) is 0 Å². The lowest BCUT2D eigenvalue weighted by atomic mass is 9.98. The molecule has 0 aliphatic rings. The van der Waals surface area contributed by atoms with Crippen molar-refractivity contribution in [3.8, 4) is 17.0 Å². The van der Waals surface area contributed by atoms with Gasteiger partial charge in [-0.15, -0.1) is 0 Å². The summed E-state index contributed by atoms with van der Waals surface area (Å²) in [5.74, 6) is -1.95. The molecule has 0 fully saturated rings. The van der Waals surface area contributed by atoms with Gasteiger partial charge in [-0.1, -0.05) is 6.07 Å². The van der Waals surface area contributed by atoms with Crippen molar-refractivity contribution in [2.75, 3.05) is 0 Å². The van der Waals surface area contributed by atoms with Gasteiger partial charge in [-0.05, 0) is 72.8 Å². The molecule has 3 rings (SSSR count). The summed E-state index contributed by atoms with van der Waals surface area (Å²) < 4.78 is 77.0. The number of aliphatic hydroxyl groups is 2. The highest BCUT2D eigenvalue weighted by Gasteiger charge is 2.38. The number of alkyl halides is 3. The minimum absolute atomic E-state index is 0.0139. The molecular formula is C22H20F5NO3S. The van der Waals surface area contributed by atoms with Gasteiger partial charge in [0.2, 0.25) is 0 Å². The fourth-order valence-electron chi connectivity index (χ4n) is 3.25. The first kappa shape index (κ1) is 24.1. The van der Waals surface area contributed by atoms with Crippen LogP contribution < -0.4 is 4.74 Å². The molecule has 3 aromatic rings. The third kappa shape index (κ3) is 5.25. The molecule has 0 aliphatic carbocycles. The van der Waals surface area contributed by atoms with Gasteiger partial charge in [0.05, 0.1) is 5.69 Å². The monoisotopic (exact) mass is 473 g/mol. The second-order valence-electron chi connectivity index (χ2n) is 7.25. The van der Waals surface area contributed by atoms with E-state index in [1.807, 2.05) is 0 Å². The van der Waals surface area contributed by atoms with Gasteiger partial charge in [-0.25, -0.2) is 8.78 Å². The van der Waals surface area contributed by atoms with Crippen LogP contribution in [0.5, 0.6) is 5.75 Å². The van der Waals surface area contributed by atoms with Crippen LogP contribution in [0.4, 0.5) is 22.0 Å². The Kier molecular flexibility index (Phi) is 7.16. The SMILES string of the molecule is Cc1c(CCC(O)O)ccc(OCc2c(-c3ccc(F)c(F)c3)nsc2C(F)(F)F)c1C. The first-order valence-electron chi connectivity index (χ1n) is 9.58. The van der Waals surface area contributed by atoms with Crippen molar-refractivity contribution in [2.24, 2.45) is 0 Å². The number of hydrogen-bond donors (Lipinski definition) is 2. The first-order chi connectivity index (χ1) is 15.0. The third-order valence-electron chi connectivity index (χ3n) is 5.13. The predicted molar refractivity (Wildman–Crippen MR) is 109 cm³/mol. The molecule has 0 spiro atoms. The molecule has 32 heavy (non-hydrogen) atoms. The Hall–Kier alpha value is -2.56. The van der Waals surface area contributed by atoms with Crippen molar-refractivity contribution in [2.45, 2.75) is 45.8 Å². The van der Waals surface area contributed by atoms with Gasteiger partial charge in [0.1, 0.15) is 17.2 Å². The molecule has 0 saturated carbocycles. The fraction of sp³-hybridized carbons (Fsp3) is 0.318. The van der Waals surface area contributed by atoms with E-state index in [1.54, 1.807) is 26.0 Å². The number of rotatable bonds is 7. The van der Waals surface area contributed by atoms with E-state index in [-0.39, 0.29) is 34.8 Å². The van der Waals surface area contributed by atoms with Crippen molar-refractivity contribution in [1.29, 1.82) is 0 Å². The molecule has 0 bridgehead atoms. The molecule has 2 aromatic carbocycles. The average molecular weight is 473 g/mol. The Morgan fingerprint density at radius 1 is 1.03 bits per heavy atom. The number of aryl methyl sites for hydroxylation is 1. The van der Waals surface area contributed by atoms with Crippen LogP contribution in [-0.4, -0.2) is 20.9 Å². The second-order valence-corrected chi connectivity index (χ2v) is 8.02. The molecule has 0 unspecified atom stereocenters. The second kappa shape index (κ2) is 9.51. The van der Waals surface area contributed by atoms with E-state index in [0.717, 1.165) is 29.3 Å². The number of ether oxygens (including phenoxy) is 1. The summed E-state index contributed by atoms with van der Waals surface area (Å²) in [6.45, 7) is 3.08. The summed E-state index contributed by atoms with van der Waals surface area (Å²) in [6, 6.07) is 6.11. The number of halogens is 5. The van der Waals surface area contributed by atoms with Crippen LogP contribution in [0.15, 0.2) is 30.3 Å². The normalized spacial score (nSPS) is 11.9. The molecule has 0 radical (unpaired) electrons. The van der Waals surface area contributed by atoms with E-state index in [4.69, 9.17) is 14.9 Å². The molecule has 2 N–H and O–H groups in total. The summed E-state index contributed by atoms with van der Waals surface area (Å²) >= 11 is 0.224. The number of hydrogen-bond acceptors (Lipinski definition) is 5. The largest absolute Gasteiger partial charge is 0.488 e. The van der Waals surface area contributed by atoms with E-state index < -0.39 is 35.6 Å². The van der Waals surface area contributed by atoms with Crippen LogP contribution in [0.3, 0.4) is 0 Å². The average Bonchev–Trinajstić information content (AvgIpc) is 3.14. The van der Waals surface area contributed by atoms with Crippen molar-refractivity contribution in [3.05, 3.63) is 69.1 Å². The zero-order chi connectivity index (χ0) is 23.6. The van der Waals surface area contributed by atoms with Gasteiger partial charge in [0, 0.05) is 17.5 Å².